The first-order valence-corrected chi connectivity index (χ1v) is 7.16. The summed E-state index contributed by atoms with van der Waals surface area (Å²) in [7, 11) is 1.62. The van der Waals surface area contributed by atoms with Crippen molar-refractivity contribution < 1.29 is 19.0 Å². The Balaban J connectivity index is 2.07. The summed E-state index contributed by atoms with van der Waals surface area (Å²) in [4.78, 5) is 12.0. The van der Waals surface area contributed by atoms with Gasteiger partial charge in [-0.3, -0.25) is 0 Å². The molecule has 1 unspecified atom stereocenters. The number of hydrogen-bond donors (Lipinski definition) is 0. The van der Waals surface area contributed by atoms with Crippen molar-refractivity contribution in [2.45, 2.75) is 19.4 Å². The fraction of sp³-hybridized carbons (Fsp3) is 0.278. The largest absolute Gasteiger partial charge is 0.497 e. The Labute approximate surface area is 130 Å². The topological polar surface area (TPSA) is 44.8 Å². The van der Waals surface area contributed by atoms with E-state index in [1.165, 1.54) is 0 Å². The predicted octanol–water partition coefficient (Wildman–Crippen LogP) is 3.74. The molecule has 2 aromatic carbocycles. The molecule has 0 aliphatic carbocycles. The number of rotatable bonds is 7. The van der Waals surface area contributed by atoms with Gasteiger partial charge >= 0.3 is 5.97 Å². The summed E-state index contributed by atoms with van der Waals surface area (Å²) in [5.74, 6) is 0.841. The first-order chi connectivity index (χ1) is 10.6. The molecular weight excluding hydrogens is 280 g/mol. The van der Waals surface area contributed by atoms with E-state index in [9.17, 15) is 4.79 Å². The van der Waals surface area contributed by atoms with Crippen LogP contribution in [0.4, 0.5) is 0 Å². The average Bonchev–Trinajstić information content (AvgIpc) is 2.54. The van der Waals surface area contributed by atoms with E-state index in [1.54, 1.807) is 26.2 Å². The average molecular weight is 300 g/mol. The Hall–Kier alpha value is -2.33. The van der Waals surface area contributed by atoms with E-state index in [0.29, 0.717) is 18.8 Å². The smallest absolute Gasteiger partial charge is 0.340 e. The number of methoxy groups -OCH3 is 1. The molecule has 0 aromatic heterocycles. The summed E-state index contributed by atoms with van der Waals surface area (Å²) >= 11 is 0. The van der Waals surface area contributed by atoms with Crippen LogP contribution in [0.1, 0.15) is 13.3 Å². The van der Waals surface area contributed by atoms with Gasteiger partial charge < -0.3 is 14.2 Å². The molecule has 1 atom stereocenters. The highest BCUT2D eigenvalue weighted by Gasteiger charge is 2.15. The number of hydrogen-bond acceptors (Lipinski definition) is 4. The number of ether oxygens (including phenoxy) is 3. The Bertz CT molecular complexity index is 663. The third-order valence-corrected chi connectivity index (χ3v) is 3.26. The van der Waals surface area contributed by atoms with Crippen LogP contribution in [0.15, 0.2) is 49.1 Å². The Morgan fingerprint density at radius 2 is 1.86 bits per heavy atom. The maximum Gasteiger partial charge on any atom is 0.340 e. The Morgan fingerprint density at radius 1 is 1.18 bits per heavy atom. The zero-order valence-corrected chi connectivity index (χ0v) is 12.9. The summed E-state index contributed by atoms with van der Waals surface area (Å²) in [6.45, 7) is 5.74. The summed E-state index contributed by atoms with van der Waals surface area (Å²) in [6, 6.07) is 11.2. The van der Waals surface area contributed by atoms with Crippen molar-refractivity contribution in [1.82, 2.24) is 0 Å². The first-order valence-electron chi connectivity index (χ1n) is 7.16. The minimum atomic E-state index is -0.610. The molecule has 2 aromatic rings. The van der Waals surface area contributed by atoms with E-state index in [1.807, 2.05) is 30.3 Å². The quantitative estimate of drug-likeness (QED) is 0.338. The molecule has 0 aliphatic rings. The van der Waals surface area contributed by atoms with Gasteiger partial charge in [-0.1, -0.05) is 18.2 Å². The van der Waals surface area contributed by atoms with Crippen LogP contribution in [0, 0.1) is 0 Å². The molecule has 116 valence electrons. The lowest BCUT2D eigenvalue weighted by molar-refractivity contribution is -0.146. The molecule has 0 saturated carbocycles. The number of carbonyl (C=O) groups is 1. The summed E-state index contributed by atoms with van der Waals surface area (Å²) < 4.78 is 15.9. The van der Waals surface area contributed by atoms with Gasteiger partial charge in [-0.2, -0.15) is 0 Å². The molecule has 0 saturated heterocycles. The number of carbonyl (C=O) groups excluding carboxylic acids is 1. The van der Waals surface area contributed by atoms with Crippen molar-refractivity contribution in [3.8, 4) is 11.5 Å². The highest BCUT2D eigenvalue weighted by Crippen LogP contribution is 2.25. The molecule has 4 nitrogen and oxygen atoms in total. The van der Waals surface area contributed by atoms with Gasteiger partial charge in [-0.15, -0.1) is 6.58 Å². The van der Waals surface area contributed by atoms with Crippen molar-refractivity contribution >= 4 is 16.7 Å². The molecule has 0 aliphatic heterocycles. The van der Waals surface area contributed by atoms with Gasteiger partial charge in [0.1, 0.15) is 11.5 Å². The van der Waals surface area contributed by atoms with Crippen LogP contribution in [0.25, 0.3) is 10.8 Å². The van der Waals surface area contributed by atoms with Gasteiger partial charge in [0.15, 0.2) is 6.10 Å². The highest BCUT2D eigenvalue weighted by atomic mass is 16.6. The second-order valence-corrected chi connectivity index (χ2v) is 4.89. The van der Waals surface area contributed by atoms with E-state index >= 15 is 0 Å². The first kappa shape index (κ1) is 16.0. The molecule has 0 heterocycles. The third kappa shape index (κ3) is 4.09. The molecule has 2 rings (SSSR count). The summed E-state index contributed by atoms with van der Waals surface area (Å²) in [5, 5.41) is 2.00. The van der Waals surface area contributed by atoms with Crippen LogP contribution in [0.5, 0.6) is 11.5 Å². The standard InChI is InChI=1S/C18H20O4/c1-4-5-10-21-13(2)18(19)22-17-9-7-14-6-8-16(20-3)11-15(14)12-17/h4,6-9,11-13H,1,5,10H2,2-3H3. The van der Waals surface area contributed by atoms with Crippen LogP contribution in [-0.2, 0) is 9.53 Å². The summed E-state index contributed by atoms with van der Waals surface area (Å²) in [6.07, 6.45) is 1.84. The monoisotopic (exact) mass is 300 g/mol. The normalized spacial score (nSPS) is 11.9. The van der Waals surface area contributed by atoms with Crippen molar-refractivity contribution in [3.63, 3.8) is 0 Å². The van der Waals surface area contributed by atoms with Gasteiger partial charge in [-0.05, 0) is 48.4 Å². The summed E-state index contributed by atoms with van der Waals surface area (Å²) in [5.41, 5.74) is 0. The van der Waals surface area contributed by atoms with E-state index in [-0.39, 0.29) is 0 Å². The van der Waals surface area contributed by atoms with Gasteiger partial charge in [0.05, 0.1) is 13.7 Å². The molecule has 0 spiro atoms. The van der Waals surface area contributed by atoms with E-state index < -0.39 is 12.1 Å². The van der Waals surface area contributed by atoms with E-state index in [2.05, 4.69) is 6.58 Å². The molecule has 0 fully saturated rings. The minimum absolute atomic E-state index is 0.411. The van der Waals surface area contributed by atoms with Crippen molar-refractivity contribution in [1.29, 1.82) is 0 Å². The Morgan fingerprint density at radius 3 is 2.55 bits per heavy atom. The van der Waals surface area contributed by atoms with Crippen molar-refractivity contribution in [3.05, 3.63) is 49.1 Å². The van der Waals surface area contributed by atoms with Crippen molar-refractivity contribution in [2.75, 3.05) is 13.7 Å². The predicted molar refractivity (Wildman–Crippen MR) is 86.4 cm³/mol. The third-order valence-electron chi connectivity index (χ3n) is 3.26. The van der Waals surface area contributed by atoms with E-state index in [4.69, 9.17) is 14.2 Å². The zero-order valence-electron chi connectivity index (χ0n) is 12.9. The highest BCUT2D eigenvalue weighted by molar-refractivity contribution is 5.86. The molecule has 22 heavy (non-hydrogen) atoms. The lowest BCUT2D eigenvalue weighted by atomic mass is 10.1. The fourth-order valence-corrected chi connectivity index (χ4v) is 1.99. The van der Waals surface area contributed by atoms with Crippen LogP contribution < -0.4 is 9.47 Å². The van der Waals surface area contributed by atoms with Crippen LogP contribution >= 0.6 is 0 Å². The lowest BCUT2D eigenvalue weighted by Gasteiger charge is -2.12. The molecular formula is C18H20O4. The molecule has 0 N–H and O–H groups in total. The van der Waals surface area contributed by atoms with Crippen LogP contribution in [-0.4, -0.2) is 25.8 Å². The lowest BCUT2D eigenvalue weighted by Crippen LogP contribution is -2.26. The SMILES string of the molecule is C=CCCOC(C)C(=O)Oc1ccc2ccc(OC)cc2c1. The van der Waals surface area contributed by atoms with Gasteiger partial charge in [-0.25, -0.2) is 4.79 Å². The molecule has 4 heteroatoms. The minimum Gasteiger partial charge on any atom is -0.497 e. The Kier molecular flexibility index (Phi) is 5.55. The zero-order chi connectivity index (χ0) is 15.9. The second-order valence-electron chi connectivity index (χ2n) is 4.89. The second kappa shape index (κ2) is 7.61. The number of esters is 1. The van der Waals surface area contributed by atoms with Gasteiger partial charge in [0.25, 0.3) is 0 Å². The molecule has 0 amide bonds. The fourth-order valence-electron chi connectivity index (χ4n) is 1.99. The number of fused-ring (bicyclic) bond motifs is 1. The van der Waals surface area contributed by atoms with Gasteiger partial charge in [0.2, 0.25) is 0 Å². The van der Waals surface area contributed by atoms with Crippen LogP contribution in [0.3, 0.4) is 0 Å². The van der Waals surface area contributed by atoms with E-state index in [0.717, 1.165) is 16.5 Å². The number of benzene rings is 2. The van der Waals surface area contributed by atoms with Crippen molar-refractivity contribution in [2.24, 2.45) is 0 Å². The molecule has 0 radical (unpaired) electrons. The maximum absolute atomic E-state index is 12.0. The van der Waals surface area contributed by atoms with Crippen LogP contribution in [0.2, 0.25) is 0 Å². The van der Waals surface area contributed by atoms with Gasteiger partial charge in [0, 0.05) is 0 Å². The maximum atomic E-state index is 12.0. The molecule has 0 bridgehead atoms.